The number of thiol groups is 1. The predicted octanol–water partition coefficient (Wildman–Crippen LogP) is 11.1. The van der Waals surface area contributed by atoms with E-state index in [0.717, 1.165) is 44.3 Å². The zero-order chi connectivity index (χ0) is 32.1. The molecule has 256 valence electrons. The van der Waals surface area contributed by atoms with Crippen molar-refractivity contribution < 1.29 is 29.7 Å². The molecule has 9 heteroatoms. The molecule has 0 spiro atoms. The number of hydrogen-bond donors (Lipinski definition) is 4. The maximum atomic E-state index is 10.4. The van der Waals surface area contributed by atoms with Crippen LogP contribution < -0.4 is 0 Å². The third-order valence-corrected chi connectivity index (χ3v) is 10.1. The summed E-state index contributed by atoms with van der Waals surface area (Å²) in [6.07, 6.45) is 29.7. The van der Waals surface area contributed by atoms with Gasteiger partial charge in [-0.25, -0.2) is 0 Å². The molecule has 43 heavy (non-hydrogen) atoms. The summed E-state index contributed by atoms with van der Waals surface area (Å²) in [6.45, 7) is 0. The van der Waals surface area contributed by atoms with Gasteiger partial charge in [-0.1, -0.05) is 116 Å². The molecule has 0 rings (SSSR count). The lowest BCUT2D eigenvalue weighted by Crippen LogP contribution is -1.93. The lowest BCUT2D eigenvalue weighted by Gasteiger charge is -2.04. The standard InChI is InChI=1S/C23H44O4S2.C11H22O2S/c24-22(25)17-13-9-5-1-3-7-11-15-19-28-21-29-20-16-12-8-4-2-6-10-14-18-23(26)27;12-11(13)9-7-5-3-1-2-4-6-8-10-14/h1-21H2,(H,24,25)(H,26,27);14H,1-10H2,(H,12,13). The summed E-state index contributed by atoms with van der Waals surface area (Å²) in [5.41, 5.74) is 0. The molecule has 0 saturated carbocycles. The monoisotopic (exact) mass is 666 g/mol. The van der Waals surface area contributed by atoms with Gasteiger partial charge in [0, 0.05) is 24.3 Å². The van der Waals surface area contributed by atoms with Crippen LogP contribution in [0.4, 0.5) is 0 Å². The second-order valence-corrected chi connectivity index (χ2v) is 14.6. The summed E-state index contributed by atoms with van der Waals surface area (Å²) in [5.74, 6) is 1.57. The SMILES string of the molecule is O=C(O)CCCCCCCCCCS.O=C(O)CCCCCCCCCCSCSCCCCCCCCCCC(=O)O. The van der Waals surface area contributed by atoms with Gasteiger partial charge in [0.15, 0.2) is 0 Å². The first-order valence-corrected chi connectivity index (χ1v) is 20.3. The van der Waals surface area contributed by atoms with Crippen LogP contribution >= 0.6 is 36.2 Å². The molecule has 0 aromatic rings. The van der Waals surface area contributed by atoms with Crippen molar-refractivity contribution in [1.82, 2.24) is 0 Å². The second-order valence-electron chi connectivity index (χ2n) is 11.6. The first kappa shape index (κ1) is 44.6. The highest BCUT2D eigenvalue weighted by Crippen LogP contribution is 2.18. The van der Waals surface area contributed by atoms with Gasteiger partial charge in [-0.3, -0.25) is 14.4 Å². The Balaban J connectivity index is 0. The van der Waals surface area contributed by atoms with Gasteiger partial charge in [0.1, 0.15) is 0 Å². The summed E-state index contributed by atoms with van der Waals surface area (Å²) in [4.78, 5) is 31.0. The number of rotatable bonds is 34. The van der Waals surface area contributed by atoms with Gasteiger partial charge < -0.3 is 15.3 Å². The molecule has 0 radical (unpaired) electrons. The average Bonchev–Trinajstić information content (AvgIpc) is 2.96. The third kappa shape index (κ3) is 48.6. The lowest BCUT2D eigenvalue weighted by molar-refractivity contribution is -0.138. The largest absolute Gasteiger partial charge is 0.481 e. The molecule has 0 aromatic carbocycles. The molecule has 0 bridgehead atoms. The number of hydrogen-bond acceptors (Lipinski definition) is 6. The summed E-state index contributed by atoms with van der Waals surface area (Å²) < 4.78 is 0. The maximum absolute atomic E-state index is 10.4. The third-order valence-electron chi connectivity index (χ3n) is 7.32. The van der Waals surface area contributed by atoms with Gasteiger partial charge >= 0.3 is 17.9 Å². The summed E-state index contributed by atoms with van der Waals surface area (Å²) >= 11 is 8.31. The molecule has 0 aliphatic carbocycles. The van der Waals surface area contributed by atoms with Crippen LogP contribution in [-0.4, -0.2) is 55.6 Å². The Bertz CT molecular complexity index is 573. The fraction of sp³-hybridized carbons (Fsp3) is 0.912. The Morgan fingerprint density at radius 2 is 0.605 bits per heavy atom. The number of aliphatic carboxylic acids is 3. The van der Waals surface area contributed by atoms with E-state index >= 15 is 0 Å². The Labute approximate surface area is 278 Å². The van der Waals surface area contributed by atoms with Crippen molar-refractivity contribution in [3.05, 3.63) is 0 Å². The highest BCUT2D eigenvalue weighted by molar-refractivity contribution is 8.15. The van der Waals surface area contributed by atoms with Crippen LogP contribution in [0.5, 0.6) is 0 Å². The molecule has 3 N–H and O–H groups in total. The molecule has 0 atom stereocenters. The summed E-state index contributed by atoms with van der Waals surface area (Å²) in [7, 11) is 0. The van der Waals surface area contributed by atoms with E-state index < -0.39 is 17.9 Å². The molecule has 0 amide bonds. The zero-order valence-electron chi connectivity index (χ0n) is 27.3. The van der Waals surface area contributed by atoms with Crippen LogP contribution in [0.25, 0.3) is 0 Å². The minimum Gasteiger partial charge on any atom is -0.481 e. The van der Waals surface area contributed by atoms with Crippen LogP contribution in [0.3, 0.4) is 0 Å². The molecule has 0 aliphatic rings. The smallest absolute Gasteiger partial charge is 0.303 e. The highest BCUT2D eigenvalue weighted by Gasteiger charge is 1.99. The fourth-order valence-electron chi connectivity index (χ4n) is 4.71. The van der Waals surface area contributed by atoms with Crippen molar-refractivity contribution >= 4 is 54.1 Å². The van der Waals surface area contributed by atoms with Gasteiger partial charge in [0.25, 0.3) is 0 Å². The first-order chi connectivity index (χ1) is 20.9. The van der Waals surface area contributed by atoms with Crippen molar-refractivity contribution in [3.63, 3.8) is 0 Å². The minimum atomic E-state index is -0.668. The molecular formula is C34H66O6S3. The quantitative estimate of drug-likeness (QED) is 0.0305. The van der Waals surface area contributed by atoms with Crippen LogP contribution in [0.15, 0.2) is 0 Å². The molecule has 0 saturated heterocycles. The zero-order valence-corrected chi connectivity index (χ0v) is 29.8. The van der Waals surface area contributed by atoms with Gasteiger partial charge in [-0.15, -0.1) is 0 Å². The van der Waals surface area contributed by atoms with E-state index in [-0.39, 0.29) is 0 Å². The topological polar surface area (TPSA) is 112 Å². The molecule has 0 fully saturated rings. The fourth-order valence-corrected chi connectivity index (χ4v) is 7.16. The van der Waals surface area contributed by atoms with E-state index in [1.807, 2.05) is 0 Å². The molecule has 0 heterocycles. The molecule has 6 nitrogen and oxygen atoms in total. The second kappa shape index (κ2) is 39.5. The normalized spacial score (nSPS) is 10.8. The van der Waals surface area contributed by atoms with E-state index in [0.29, 0.717) is 19.3 Å². The van der Waals surface area contributed by atoms with E-state index in [4.69, 9.17) is 15.3 Å². The van der Waals surface area contributed by atoms with Crippen molar-refractivity contribution in [2.75, 3.05) is 22.3 Å². The predicted molar refractivity (Wildman–Crippen MR) is 191 cm³/mol. The average molecular weight is 667 g/mol. The van der Waals surface area contributed by atoms with E-state index in [1.54, 1.807) is 0 Å². The van der Waals surface area contributed by atoms with Crippen molar-refractivity contribution in [2.45, 2.75) is 173 Å². The molecule has 0 aliphatic heterocycles. The van der Waals surface area contributed by atoms with Gasteiger partial charge in [-0.2, -0.15) is 36.2 Å². The summed E-state index contributed by atoms with van der Waals surface area (Å²) in [5, 5.41) is 26.8. The van der Waals surface area contributed by atoms with Crippen LogP contribution in [-0.2, 0) is 14.4 Å². The molecule has 0 unspecified atom stereocenters. The molecule has 0 aromatic heterocycles. The van der Waals surface area contributed by atoms with Gasteiger partial charge in [0.2, 0.25) is 0 Å². The lowest BCUT2D eigenvalue weighted by atomic mass is 10.1. The Kier molecular flexibility index (Phi) is 40.9. The van der Waals surface area contributed by atoms with Crippen molar-refractivity contribution in [3.8, 4) is 0 Å². The summed E-state index contributed by atoms with van der Waals surface area (Å²) in [6, 6.07) is 0. The van der Waals surface area contributed by atoms with Crippen LogP contribution in [0.1, 0.15) is 173 Å². The van der Waals surface area contributed by atoms with Crippen molar-refractivity contribution in [1.29, 1.82) is 0 Å². The van der Waals surface area contributed by atoms with Gasteiger partial charge in [-0.05, 0) is 55.8 Å². The number of thioether (sulfide) groups is 2. The Hall–Kier alpha value is -0.540. The van der Waals surface area contributed by atoms with E-state index in [9.17, 15) is 14.4 Å². The highest BCUT2D eigenvalue weighted by atomic mass is 32.2. The first-order valence-electron chi connectivity index (χ1n) is 17.3. The molecular weight excluding hydrogens is 601 g/mol. The van der Waals surface area contributed by atoms with Crippen molar-refractivity contribution in [2.24, 2.45) is 0 Å². The van der Waals surface area contributed by atoms with E-state index in [2.05, 4.69) is 36.2 Å². The Morgan fingerprint density at radius 1 is 0.372 bits per heavy atom. The number of carboxylic acids is 3. The minimum absolute atomic E-state index is 0.326. The number of carbonyl (C=O) groups is 3. The van der Waals surface area contributed by atoms with Crippen LogP contribution in [0, 0.1) is 0 Å². The Morgan fingerprint density at radius 3 is 0.860 bits per heavy atom. The van der Waals surface area contributed by atoms with E-state index in [1.165, 1.54) is 132 Å². The maximum Gasteiger partial charge on any atom is 0.303 e. The van der Waals surface area contributed by atoms with Gasteiger partial charge in [0.05, 0.1) is 0 Å². The van der Waals surface area contributed by atoms with Crippen LogP contribution in [0.2, 0.25) is 0 Å². The number of carboxylic acid groups (broad SMARTS) is 3. The number of unbranched alkanes of at least 4 members (excludes halogenated alkanes) is 21.